The minimum Gasteiger partial charge on any atom is -0.480 e. The van der Waals surface area contributed by atoms with E-state index in [2.05, 4.69) is 4.74 Å². The number of carboxylic acids is 1. The SMILES string of the molecule is CCN(CC(=O)O)C(=O)c1ccc(F)cc1OC(F)F. The van der Waals surface area contributed by atoms with Gasteiger partial charge in [-0.2, -0.15) is 8.78 Å². The highest BCUT2D eigenvalue weighted by atomic mass is 19.3. The molecule has 0 saturated heterocycles. The normalized spacial score (nSPS) is 10.4. The molecular weight excluding hydrogens is 279 g/mol. The van der Waals surface area contributed by atoms with Crippen molar-refractivity contribution in [3.63, 3.8) is 0 Å². The summed E-state index contributed by atoms with van der Waals surface area (Å²) >= 11 is 0. The van der Waals surface area contributed by atoms with E-state index in [4.69, 9.17) is 5.11 Å². The standard InChI is InChI=1S/C12H12F3NO4/c1-2-16(6-10(17)18)11(19)8-4-3-7(13)5-9(8)20-12(14)15/h3-5,12H,2,6H2,1H3,(H,17,18). The van der Waals surface area contributed by atoms with Gasteiger partial charge >= 0.3 is 12.6 Å². The Morgan fingerprint density at radius 1 is 1.40 bits per heavy atom. The molecule has 0 heterocycles. The summed E-state index contributed by atoms with van der Waals surface area (Å²) in [5, 5.41) is 8.66. The van der Waals surface area contributed by atoms with E-state index in [0.29, 0.717) is 6.07 Å². The number of hydrogen-bond acceptors (Lipinski definition) is 3. The Labute approximate surface area is 112 Å². The highest BCUT2D eigenvalue weighted by molar-refractivity contribution is 5.98. The summed E-state index contributed by atoms with van der Waals surface area (Å²) < 4.78 is 41.5. The average molecular weight is 291 g/mol. The van der Waals surface area contributed by atoms with Crippen LogP contribution >= 0.6 is 0 Å². The lowest BCUT2D eigenvalue weighted by Gasteiger charge is -2.20. The Balaban J connectivity index is 3.10. The molecule has 0 aliphatic rings. The highest BCUT2D eigenvalue weighted by Crippen LogP contribution is 2.23. The maximum atomic E-state index is 13.0. The number of likely N-dealkylation sites (N-methyl/N-ethyl adjacent to an activating group) is 1. The van der Waals surface area contributed by atoms with Gasteiger partial charge in [0.2, 0.25) is 0 Å². The van der Waals surface area contributed by atoms with Gasteiger partial charge in [-0.3, -0.25) is 9.59 Å². The Morgan fingerprint density at radius 3 is 2.55 bits per heavy atom. The molecule has 0 saturated carbocycles. The largest absolute Gasteiger partial charge is 0.480 e. The maximum Gasteiger partial charge on any atom is 0.387 e. The van der Waals surface area contributed by atoms with Gasteiger partial charge in [0.25, 0.3) is 5.91 Å². The van der Waals surface area contributed by atoms with E-state index in [1.54, 1.807) is 0 Å². The summed E-state index contributed by atoms with van der Waals surface area (Å²) in [6.45, 7) is -2.24. The van der Waals surface area contributed by atoms with Crippen molar-refractivity contribution in [2.24, 2.45) is 0 Å². The highest BCUT2D eigenvalue weighted by Gasteiger charge is 2.22. The number of halogens is 3. The Hall–Kier alpha value is -2.25. The Kier molecular flexibility index (Phi) is 5.36. The number of alkyl halides is 2. The fraction of sp³-hybridized carbons (Fsp3) is 0.333. The van der Waals surface area contributed by atoms with Gasteiger partial charge in [0.15, 0.2) is 0 Å². The number of hydrogen-bond donors (Lipinski definition) is 1. The van der Waals surface area contributed by atoms with Gasteiger partial charge in [-0.05, 0) is 19.1 Å². The number of carbonyl (C=O) groups is 2. The van der Waals surface area contributed by atoms with Gasteiger partial charge in [0.05, 0.1) is 5.56 Å². The molecule has 8 heteroatoms. The second-order valence-corrected chi connectivity index (χ2v) is 3.73. The van der Waals surface area contributed by atoms with Crippen LogP contribution < -0.4 is 4.74 Å². The molecule has 0 fully saturated rings. The molecule has 0 unspecified atom stereocenters. The molecule has 0 bridgehead atoms. The zero-order valence-corrected chi connectivity index (χ0v) is 10.5. The van der Waals surface area contributed by atoms with Crippen LogP contribution in [-0.2, 0) is 4.79 Å². The topological polar surface area (TPSA) is 66.8 Å². The van der Waals surface area contributed by atoms with E-state index in [1.165, 1.54) is 6.92 Å². The summed E-state index contributed by atoms with van der Waals surface area (Å²) in [5.41, 5.74) is -0.324. The monoisotopic (exact) mass is 291 g/mol. The summed E-state index contributed by atoms with van der Waals surface area (Å²) in [6.07, 6.45) is 0. The van der Waals surface area contributed by atoms with E-state index in [9.17, 15) is 22.8 Å². The molecule has 110 valence electrons. The van der Waals surface area contributed by atoms with Gasteiger partial charge in [-0.1, -0.05) is 0 Å². The molecule has 0 radical (unpaired) electrons. The first-order valence-corrected chi connectivity index (χ1v) is 5.60. The summed E-state index contributed by atoms with van der Waals surface area (Å²) in [6, 6.07) is 2.52. The molecule has 0 aliphatic heterocycles. The van der Waals surface area contributed by atoms with Crippen molar-refractivity contribution in [2.75, 3.05) is 13.1 Å². The van der Waals surface area contributed by atoms with Crippen LogP contribution in [-0.4, -0.2) is 41.6 Å². The predicted molar refractivity (Wildman–Crippen MR) is 62.2 cm³/mol. The molecule has 0 spiro atoms. The number of ether oxygens (including phenoxy) is 1. The van der Waals surface area contributed by atoms with Gasteiger partial charge in [-0.25, -0.2) is 4.39 Å². The summed E-state index contributed by atoms with van der Waals surface area (Å²) in [7, 11) is 0. The number of carboxylic acid groups (broad SMARTS) is 1. The number of rotatable bonds is 6. The molecular formula is C12H12F3NO4. The van der Waals surface area contributed by atoms with E-state index in [1.807, 2.05) is 0 Å². The Morgan fingerprint density at radius 2 is 2.05 bits per heavy atom. The van der Waals surface area contributed by atoms with Gasteiger partial charge < -0.3 is 14.7 Å². The van der Waals surface area contributed by atoms with Crippen LogP contribution in [0.15, 0.2) is 18.2 Å². The second-order valence-electron chi connectivity index (χ2n) is 3.73. The third-order valence-corrected chi connectivity index (χ3v) is 2.39. The van der Waals surface area contributed by atoms with Crippen LogP contribution in [0.1, 0.15) is 17.3 Å². The first-order chi connectivity index (χ1) is 9.35. The van der Waals surface area contributed by atoms with E-state index in [-0.39, 0.29) is 12.1 Å². The maximum absolute atomic E-state index is 13.0. The molecule has 0 aromatic heterocycles. The van der Waals surface area contributed by atoms with Crippen LogP contribution in [0, 0.1) is 5.82 Å². The van der Waals surface area contributed by atoms with Crippen LogP contribution in [0.4, 0.5) is 13.2 Å². The number of nitrogens with zero attached hydrogens (tertiary/aromatic N) is 1. The average Bonchev–Trinajstić information content (AvgIpc) is 2.34. The first-order valence-electron chi connectivity index (χ1n) is 5.60. The van der Waals surface area contributed by atoms with E-state index >= 15 is 0 Å². The minimum atomic E-state index is -3.22. The lowest BCUT2D eigenvalue weighted by molar-refractivity contribution is -0.137. The van der Waals surface area contributed by atoms with Crippen molar-refractivity contribution in [3.05, 3.63) is 29.6 Å². The van der Waals surface area contributed by atoms with Crippen molar-refractivity contribution in [1.29, 1.82) is 0 Å². The fourth-order valence-corrected chi connectivity index (χ4v) is 1.53. The second kappa shape index (κ2) is 6.78. The molecule has 1 amide bonds. The lowest BCUT2D eigenvalue weighted by Crippen LogP contribution is -2.35. The van der Waals surface area contributed by atoms with Crippen LogP contribution in [0.3, 0.4) is 0 Å². The van der Waals surface area contributed by atoms with Crippen molar-refractivity contribution in [2.45, 2.75) is 13.5 Å². The minimum absolute atomic E-state index is 0.0522. The quantitative estimate of drug-likeness (QED) is 0.870. The molecule has 0 aliphatic carbocycles. The van der Waals surface area contributed by atoms with Crippen LogP contribution in [0.2, 0.25) is 0 Å². The molecule has 1 rings (SSSR count). The summed E-state index contributed by atoms with van der Waals surface area (Å²) in [4.78, 5) is 23.6. The smallest absolute Gasteiger partial charge is 0.387 e. The van der Waals surface area contributed by atoms with Gasteiger partial charge in [0.1, 0.15) is 18.1 Å². The number of amides is 1. The molecule has 0 atom stereocenters. The summed E-state index contributed by atoms with van der Waals surface area (Å²) in [5.74, 6) is -3.56. The number of aliphatic carboxylic acids is 1. The predicted octanol–water partition coefficient (Wildman–Crippen LogP) is 1.97. The van der Waals surface area contributed by atoms with Crippen molar-refractivity contribution in [3.8, 4) is 5.75 Å². The van der Waals surface area contributed by atoms with Gasteiger partial charge in [0, 0.05) is 12.6 Å². The molecule has 20 heavy (non-hydrogen) atoms. The van der Waals surface area contributed by atoms with Crippen LogP contribution in [0.25, 0.3) is 0 Å². The lowest BCUT2D eigenvalue weighted by atomic mass is 10.1. The van der Waals surface area contributed by atoms with E-state index in [0.717, 1.165) is 17.0 Å². The molecule has 1 aromatic carbocycles. The molecule has 5 nitrogen and oxygen atoms in total. The van der Waals surface area contributed by atoms with Crippen LogP contribution in [0.5, 0.6) is 5.75 Å². The number of benzene rings is 1. The molecule has 1 N–H and O–H groups in total. The van der Waals surface area contributed by atoms with Crippen molar-refractivity contribution < 1.29 is 32.6 Å². The Bertz CT molecular complexity index is 507. The molecule has 1 aromatic rings. The third-order valence-electron chi connectivity index (χ3n) is 2.39. The van der Waals surface area contributed by atoms with Crippen molar-refractivity contribution >= 4 is 11.9 Å². The van der Waals surface area contributed by atoms with Crippen molar-refractivity contribution in [1.82, 2.24) is 4.90 Å². The number of carbonyl (C=O) groups excluding carboxylic acids is 1. The fourth-order valence-electron chi connectivity index (χ4n) is 1.53. The zero-order chi connectivity index (χ0) is 15.3. The third kappa shape index (κ3) is 4.15. The van der Waals surface area contributed by atoms with E-state index < -0.39 is 36.6 Å². The van der Waals surface area contributed by atoms with Gasteiger partial charge in [-0.15, -0.1) is 0 Å². The first kappa shape index (κ1) is 15.8. The zero-order valence-electron chi connectivity index (χ0n) is 10.5.